The number of hydrogen-bond acceptors (Lipinski definition) is 0. The van der Waals surface area contributed by atoms with Gasteiger partial charge in [0.25, 0.3) is 0 Å². The van der Waals surface area contributed by atoms with Crippen LogP contribution in [0.1, 0.15) is 153 Å². The second-order valence-corrected chi connectivity index (χ2v) is 14.4. The molecule has 0 N–H and O–H groups in total. The van der Waals surface area contributed by atoms with Crippen LogP contribution in [0.5, 0.6) is 0 Å². The van der Waals surface area contributed by atoms with E-state index in [1.807, 2.05) is 0 Å². The minimum atomic E-state index is 0.897. The van der Waals surface area contributed by atoms with Crippen LogP contribution >= 0.6 is 0 Å². The molecule has 0 fully saturated rings. The molecule has 0 radical (unpaired) electrons. The van der Waals surface area contributed by atoms with Gasteiger partial charge in [0.05, 0.1) is 0 Å². The molecule has 0 amide bonds. The van der Waals surface area contributed by atoms with E-state index in [0.29, 0.717) is 0 Å². The Morgan fingerprint density at radius 2 is 1.05 bits per heavy atom. The van der Waals surface area contributed by atoms with Crippen LogP contribution in [-0.4, -0.2) is 4.70 Å². The van der Waals surface area contributed by atoms with Crippen LogP contribution in [0, 0.1) is 0 Å². The molecule has 43 heavy (non-hydrogen) atoms. The fraction of sp³-hybridized carbons (Fsp3) is 0.600. The molecule has 2 aromatic carbocycles. The van der Waals surface area contributed by atoms with Gasteiger partial charge in [-0.3, -0.25) is 0 Å². The van der Waals surface area contributed by atoms with Crippen molar-refractivity contribution in [1.82, 2.24) is 0 Å². The van der Waals surface area contributed by atoms with Crippen molar-refractivity contribution in [3.05, 3.63) is 88.0 Å². The van der Waals surface area contributed by atoms with E-state index in [2.05, 4.69) is 89.2 Å². The number of benzene rings is 2. The summed E-state index contributed by atoms with van der Waals surface area (Å²) in [6.45, 7) is 11.2. The maximum atomic E-state index is 11.3. The van der Waals surface area contributed by atoms with Crippen LogP contribution in [0.3, 0.4) is 0 Å². The Hall–Kier alpha value is -1.82. The van der Waals surface area contributed by atoms with Gasteiger partial charge >= 0.3 is 93.0 Å². The van der Waals surface area contributed by atoms with E-state index in [4.69, 9.17) is 0 Å². The number of aryl methyl sites for hydroxylation is 2. The zero-order valence-corrected chi connectivity index (χ0v) is 29.9. The average Bonchev–Trinajstić information content (AvgIpc) is 3.37. The van der Waals surface area contributed by atoms with Gasteiger partial charge < -0.3 is 5.53 Å². The summed E-state index contributed by atoms with van der Waals surface area (Å²) >= 11 is 1.07. The van der Waals surface area contributed by atoms with E-state index in [1.54, 1.807) is 0 Å². The van der Waals surface area contributed by atoms with Gasteiger partial charge in [0, 0.05) is 22.8 Å². The molecule has 2 aromatic rings. The van der Waals surface area contributed by atoms with E-state index in [-0.39, 0.29) is 0 Å². The van der Waals surface area contributed by atoms with Crippen LogP contribution in [0.25, 0.3) is 16.9 Å². The molecule has 0 saturated carbocycles. The predicted molar refractivity (Wildman–Crippen MR) is 186 cm³/mol. The third kappa shape index (κ3) is 14.2. The van der Waals surface area contributed by atoms with Gasteiger partial charge in [0.2, 0.25) is 11.4 Å². The molecule has 0 bridgehead atoms. The molecular formula is C40H62N2Pd. The van der Waals surface area contributed by atoms with Crippen molar-refractivity contribution in [2.75, 3.05) is 0 Å². The quantitative estimate of drug-likeness (QED) is 0.0714. The molecule has 0 spiro atoms. The van der Waals surface area contributed by atoms with Crippen LogP contribution in [-0.2, 0) is 30.8 Å². The summed E-state index contributed by atoms with van der Waals surface area (Å²) < 4.78 is 1.43. The molecule has 0 atom stereocenters. The fourth-order valence-electron chi connectivity index (χ4n) is 5.39. The van der Waals surface area contributed by atoms with Crippen molar-refractivity contribution in [2.45, 2.75) is 154 Å². The normalized spacial score (nSPS) is 13.0. The molecule has 3 rings (SSSR count). The molecule has 3 heteroatoms. The maximum absolute atomic E-state index is 11.3. The third-order valence-corrected chi connectivity index (χ3v) is 10.3. The Morgan fingerprint density at radius 1 is 0.558 bits per heavy atom. The van der Waals surface area contributed by atoms with E-state index < -0.39 is 0 Å². The number of unbranched alkanes of at least 4 members (excludes halogenated alkanes) is 9. The first-order valence-electron chi connectivity index (χ1n) is 17.7. The van der Waals surface area contributed by atoms with Crippen molar-refractivity contribution >= 4 is 11.4 Å². The molecule has 242 valence electrons. The molecular weight excluding hydrogens is 615 g/mol. The van der Waals surface area contributed by atoms with Gasteiger partial charge in [0.1, 0.15) is 0 Å². The Kier molecular flexibility index (Phi) is 20.5. The summed E-state index contributed by atoms with van der Waals surface area (Å²) in [4.78, 5) is 3.06. The van der Waals surface area contributed by atoms with Crippen molar-refractivity contribution in [1.29, 1.82) is 0 Å². The van der Waals surface area contributed by atoms with Gasteiger partial charge in [-0.1, -0.05) is 64.3 Å². The minimum absolute atomic E-state index is 0.897. The number of rotatable bonds is 21. The van der Waals surface area contributed by atoms with E-state index in [9.17, 15) is 5.53 Å². The molecule has 0 aliphatic carbocycles. The number of hydrogen-bond donors (Lipinski definition) is 0. The van der Waals surface area contributed by atoms with Crippen LogP contribution < -0.4 is 0 Å². The first kappa shape index (κ1) is 37.4. The molecule has 2 nitrogen and oxygen atoms in total. The molecule has 0 saturated heterocycles. The second-order valence-electron chi connectivity index (χ2n) is 12.0. The van der Waals surface area contributed by atoms with Crippen molar-refractivity contribution in [3.8, 4) is 0 Å². The number of allylic oxidation sites excluding steroid dienone is 2. The van der Waals surface area contributed by atoms with Crippen LogP contribution in [0.15, 0.2) is 60.2 Å². The Bertz CT molecular complexity index is 1100. The average molecular weight is 677 g/mol. The monoisotopic (exact) mass is 676 g/mol. The standard InChI is InChI=1S/C28H36N2.2C6H13.Pd/c1-4-7-12-22-14-10-17-24(19-22)27-21-26(16-9-6-3)28(30(27)29)25-18-11-15-23(20-25)13-8-5-2;2*1-3-5-6-4-2;/h10-11,14-15,17-21H,4-9,12-13,16H2,1-3H3;2*1,3-6H2,2H3;. The zero-order chi connectivity index (χ0) is 31.1. The summed E-state index contributed by atoms with van der Waals surface area (Å²) in [5.74, 6) is 0. The summed E-state index contributed by atoms with van der Waals surface area (Å²) in [6.07, 6.45) is 24.0. The summed E-state index contributed by atoms with van der Waals surface area (Å²) in [6, 6.07) is 17.4. The van der Waals surface area contributed by atoms with Crippen molar-refractivity contribution in [2.24, 2.45) is 0 Å². The van der Waals surface area contributed by atoms with E-state index >= 15 is 0 Å². The summed E-state index contributed by atoms with van der Waals surface area (Å²) in [7, 11) is 0. The van der Waals surface area contributed by atoms with Crippen molar-refractivity contribution in [3.63, 3.8) is 0 Å². The Morgan fingerprint density at radius 3 is 1.58 bits per heavy atom. The molecule has 0 aromatic heterocycles. The van der Waals surface area contributed by atoms with Gasteiger partial charge in [-0.25, -0.2) is 4.70 Å². The van der Waals surface area contributed by atoms with E-state index in [0.717, 1.165) is 72.6 Å². The van der Waals surface area contributed by atoms with Crippen LogP contribution in [0.4, 0.5) is 0 Å². The molecule has 1 heterocycles. The topological polar surface area (TPSA) is 25.3 Å². The SMILES string of the molecule is CCCCC1=C(c2cccc(CCCC)c2)[N+](=[N-])C(c2cccc(CCCC)c2)=C1.CCCCC[CH2][Pd][CH2]CCCCC. The van der Waals surface area contributed by atoms with Gasteiger partial charge in [0.15, 0.2) is 0 Å². The predicted octanol–water partition coefficient (Wildman–Crippen LogP) is 13.4. The van der Waals surface area contributed by atoms with Crippen molar-refractivity contribution < 1.29 is 22.7 Å². The van der Waals surface area contributed by atoms with E-state index in [1.165, 1.54) is 108 Å². The first-order valence-corrected chi connectivity index (χ1v) is 19.9. The number of nitrogens with zero attached hydrogens (tertiary/aromatic N) is 2. The van der Waals surface area contributed by atoms with Gasteiger partial charge in [-0.2, -0.15) is 0 Å². The molecule has 0 unspecified atom stereocenters. The Balaban J connectivity index is 0.000000420. The van der Waals surface area contributed by atoms with Gasteiger partial charge in [-0.05, 0) is 73.9 Å². The third-order valence-electron chi connectivity index (χ3n) is 8.07. The fourth-order valence-corrected chi connectivity index (χ4v) is 7.34. The van der Waals surface area contributed by atoms with Gasteiger partial charge in [-0.15, -0.1) is 0 Å². The second kappa shape index (κ2) is 23.5. The molecule has 1 aliphatic rings. The first-order chi connectivity index (χ1) is 21.1. The zero-order valence-electron chi connectivity index (χ0n) is 28.3. The summed E-state index contributed by atoms with van der Waals surface area (Å²) in [5, 5.41) is 0. The summed E-state index contributed by atoms with van der Waals surface area (Å²) in [5.41, 5.74) is 19.3. The Labute approximate surface area is 274 Å². The molecule has 1 aliphatic heterocycles. The van der Waals surface area contributed by atoms with Crippen LogP contribution in [0.2, 0.25) is 9.79 Å².